The van der Waals surface area contributed by atoms with Crippen LogP contribution in [0.25, 0.3) is 16.6 Å². The Kier molecular flexibility index (Phi) is 5.50. The summed E-state index contributed by atoms with van der Waals surface area (Å²) in [4.78, 5) is 34.5. The lowest BCUT2D eigenvalue weighted by Gasteiger charge is -2.26. The number of nitrogens with zero attached hydrogens (tertiary/aromatic N) is 4. The highest BCUT2D eigenvalue weighted by Crippen LogP contribution is 2.16. The fraction of sp³-hybridized carbons (Fsp3) is 0.182. The van der Waals surface area contributed by atoms with Crippen LogP contribution in [0.4, 0.5) is 0 Å². The van der Waals surface area contributed by atoms with E-state index in [1.807, 2.05) is 38.2 Å². The van der Waals surface area contributed by atoms with E-state index in [0.717, 1.165) is 10.2 Å². The molecule has 0 atom stereocenters. The zero-order valence-corrected chi connectivity index (χ0v) is 18.1. The van der Waals surface area contributed by atoms with Gasteiger partial charge in [0.15, 0.2) is 0 Å². The number of carbonyl (C=O) groups is 1. The summed E-state index contributed by atoms with van der Waals surface area (Å²) >= 11 is 3.38. The molecule has 8 heteroatoms. The second-order valence-electron chi connectivity index (χ2n) is 7.21. The van der Waals surface area contributed by atoms with E-state index in [-0.39, 0.29) is 24.1 Å². The fourth-order valence-electron chi connectivity index (χ4n) is 3.22. The normalized spacial score (nSPS) is 11.2. The zero-order valence-electron chi connectivity index (χ0n) is 16.5. The molecule has 30 heavy (non-hydrogen) atoms. The maximum atomic E-state index is 13.2. The van der Waals surface area contributed by atoms with Gasteiger partial charge in [0.2, 0.25) is 0 Å². The highest BCUT2D eigenvalue weighted by atomic mass is 79.9. The maximum absolute atomic E-state index is 13.2. The maximum Gasteiger partial charge on any atom is 0.258 e. The molecule has 1 amide bonds. The Morgan fingerprint density at radius 1 is 1.17 bits per heavy atom. The van der Waals surface area contributed by atoms with Crippen molar-refractivity contribution < 1.29 is 4.79 Å². The van der Waals surface area contributed by atoms with E-state index < -0.39 is 0 Å². The summed E-state index contributed by atoms with van der Waals surface area (Å²) < 4.78 is 2.60. The van der Waals surface area contributed by atoms with Crippen molar-refractivity contribution in [2.45, 2.75) is 26.4 Å². The minimum absolute atomic E-state index is 0.0731. The molecule has 0 aliphatic heterocycles. The van der Waals surface area contributed by atoms with Crippen LogP contribution in [0.1, 0.15) is 30.0 Å². The van der Waals surface area contributed by atoms with Crippen LogP contribution in [0, 0.1) is 0 Å². The van der Waals surface area contributed by atoms with Gasteiger partial charge >= 0.3 is 0 Å². The number of hydrogen-bond acceptors (Lipinski definition) is 4. The molecule has 0 saturated carbocycles. The number of para-hydroxylation sites is 1. The lowest BCUT2D eigenvalue weighted by Crippen LogP contribution is -2.37. The largest absolute Gasteiger partial charge is 0.329 e. The SMILES string of the molecule is CC(C)N(Cc1nc2ccccc2c(=O)[nH]1)C(=O)c1ccc(-n2cc(Br)cn2)cc1. The Morgan fingerprint density at radius 3 is 2.57 bits per heavy atom. The van der Waals surface area contributed by atoms with Crippen molar-refractivity contribution in [1.29, 1.82) is 0 Å². The molecule has 152 valence electrons. The van der Waals surface area contributed by atoms with Crippen LogP contribution >= 0.6 is 15.9 Å². The van der Waals surface area contributed by atoms with Gasteiger partial charge in [0.25, 0.3) is 11.5 Å². The summed E-state index contributed by atoms with van der Waals surface area (Å²) in [7, 11) is 0. The number of rotatable bonds is 5. The van der Waals surface area contributed by atoms with Crippen LogP contribution in [0.15, 0.2) is 70.2 Å². The van der Waals surface area contributed by atoms with E-state index in [0.29, 0.717) is 22.3 Å². The van der Waals surface area contributed by atoms with E-state index in [1.54, 1.807) is 46.1 Å². The van der Waals surface area contributed by atoms with Crippen molar-refractivity contribution in [3.05, 3.63) is 87.1 Å². The first-order valence-electron chi connectivity index (χ1n) is 9.52. The highest BCUT2D eigenvalue weighted by Gasteiger charge is 2.20. The smallest absolute Gasteiger partial charge is 0.258 e. The van der Waals surface area contributed by atoms with E-state index in [1.165, 1.54) is 0 Å². The van der Waals surface area contributed by atoms with E-state index in [9.17, 15) is 9.59 Å². The Balaban J connectivity index is 1.60. The van der Waals surface area contributed by atoms with Crippen molar-refractivity contribution in [3.63, 3.8) is 0 Å². The molecule has 0 unspecified atom stereocenters. The predicted octanol–water partition coefficient (Wildman–Crippen LogP) is 3.92. The number of hydrogen-bond donors (Lipinski definition) is 1. The summed E-state index contributed by atoms with van der Waals surface area (Å²) in [6, 6.07) is 14.3. The third kappa shape index (κ3) is 4.04. The lowest BCUT2D eigenvalue weighted by molar-refractivity contribution is 0.0685. The first kappa shape index (κ1) is 20.0. The Hall–Kier alpha value is -3.26. The van der Waals surface area contributed by atoms with Crippen molar-refractivity contribution >= 4 is 32.7 Å². The second-order valence-corrected chi connectivity index (χ2v) is 8.12. The Bertz CT molecular complexity index is 1260. The number of halogens is 1. The molecule has 0 radical (unpaired) electrons. The molecular weight excluding hydrogens is 446 g/mol. The lowest BCUT2D eigenvalue weighted by atomic mass is 10.1. The van der Waals surface area contributed by atoms with Crippen molar-refractivity contribution in [1.82, 2.24) is 24.6 Å². The quantitative estimate of drug-likeness (QED) is 0.483. The van der Waals surface area contributed by atoms with Crippen LogP contribution in [0.5, 0.6) is 0 Å². The molecule has 0 aliphatic rings. The molecule has 4 aromatic rings. The molecule has 2 aromatic carbocycles. The van der Waals surface area contributed by atoms with Crippen molar-refractivity contribution in [3.8, 4) is 5.69 Å². The number of fused-ring (bicyclic) bond motifs is 1. The Labute approximate surface area is 181 Å². The van der Waals surface area contributed by atoms with Crippen LogP contribution in [-0.4, -0.2) is 36.6 Å². The first-order chi connectivity index (χ1) is 14.4. The number of aromatic nitrogens is 4. The van der Waals surface area contributed by atoms with Gasteiger partial charge < -0.3 is 9.88 Å². The molecule has 4 rings (SSSR count). The molecule has 1 N–H and O–H groups in total. The third-order valence-corrected chi connectivity index (χ3v) is 5.21. The van der Waals surface area contributed by atoms with Gasteiger partial charge in [-0.05, 0) is 66.2 Å². The van der Waals surface area contributed by atoms with Crippen LogP contribution in [0.2, 0.25) is 0 Å². The number of amides is 1. The molecule has 0 saturated heterocycles. The van der Waals surface area contributed by atoms with Crippen LogP contribution in [-0.2, 0) is 6.54 Å². The molecule has 0 aliphatic carbocycles. The van der Waals surface area contributed by atoms with Gasteiger partial charge in [-0.3, -0.25) is 9.59 Å². The van der Waals surface area contributed by atoms with Gasteiger partial charge in [0.05, 0.1) is 33.8 Å². The van der Waals surface area contributed by atoms with Crippen LogP contribution < -0.4 is 5.56 Å². The summed E-state index contributed by atoms with van der Waals surface area (Å²) in [5.74, 6) is 0.327. The monoisotopic (exact) mass is 465 g/mol. The van der Waals surface area contributed by atoms with Gasteiger partial charge in [-0.25, -0.2) is 9.67 Å². The molecule has 0 spiro atoms. The molecular formula is C22H20BrN5O2. The summed E-state index contributed by atoms with van der Waals surface area (Å²) in [6.45, 7) is 4.09. The number of carbonyl (C=O) groups excluding carboxylic acids is 1. The van der Waals surface area contributed by atoms with Gasteiger partial charge in [-0.15, -0.1) is 0 Å². The predicted molar refractivity (Wildman–Crippen MR) is 119 cm³/mol. The van der Waals surface area contributed by atoms with Gasteiger partial charge in [-0.1, -0.05) is 12.1 Å². The minimum Gasteiger partial charge on any atom is -0.329 e. The average molecular weight is 466 g/mol. The molecule has 0 bridgehead atoms. The van der Waals surface area contributed by atoms with Gasteiger partial charge in [-0.2, -0.15) is 5.10 Å². The van der Waals surface area contributed by atoms with E-state index in [4.69, 9.17) is 0 Å². The Morgan fingerprint density at radius 2 is 1.90 bits per heavy atom. The van der Waals surface area contributed by atoms with E-state index in [2.05, 4.69) is 31.0 Å². The second kappa shape index (κ2) is 8.23. The number of nitrogens with one attached hydrogen (secondary N) is 1. The van der Waals surface area contributed by atoms with Crippen molar-refractivity contribution in [2.24, 2.45) is 0 Å². The van der Waals surface area contributed by atoms with Crippen molar-refractivity contribution in [2.75, 3.05) is 0 Å². The molecule has 0 fully saturated rings. The average Bonchev–Trinajstić information content (AvgIpc) is 3.18. The van der Waals surface area contributed by atoms with Gasteiger partial charge in [0, 0.05) is 17.8 Å². The molecule has 2 aromatic heterocycles. The zero-order chi connectivity index (χ0) is 21.3. The summed E-state index contributed by atoms with van der Waals surface area (Å²) in [5, 5.41) is 4.78. The molecule has 2 heterocycles. The standard InChI is InChI=1S/C22H20BrN5O2/c1-14(2)27(13-20-25-19-6-4-3-5-18(19)21(29)26-20)22(30)15-7-9-17(10-8-15)28-12-16(23)11-24-28/h3-12,14H,13H2,1-2H3,(H,25,26,29). The third-order valence-electron chi connectivity index (χ3n) is 4.80. The summed E-state index contributed by atoms with van der Waals surface area (Å²) in [5.41, 5.74) is 1.82. The first-order valence-corrected chi connectivity index (χ1v) is 10.3. The minimum atomic E-state index is -0.207. The topological polar surface area (TPSA) is 83.9 Å². The number of aromatic amines is 1. The van der Waals surface area contributed by atoms with E-state index >= 15 is 0 Å². The van der Waals surface area contributed by atoms with Crippen LogP contribution in [0.3, 0.4) is 0 Å². The fourth-order valence-corrected chi connectivity index (χ4v) is 3.51. The number of benzene rings is 2. The summed E-state index contributed by atoms with van der Waals surface area (Å²) in [6.07, 6.45) is 3.55. The highest BCUT2D eigenvalue weighted by molar-refractivity contribution is 9.10. The van der Waals surface area contributed by atoms with Gasteiger partial charge in [0.1, 0.15) is 5.82 Å². The molecule has 7 nitrogen and oxygen atoms in total. The number of H-pyrrole nitrogens is 1.